The Bertz CT molecular complexity index is 572. The molecule has 19 heavy (non-hydrogen) atoms. The van der Waals surface area contributed by atoms with Crippen LogP contribution in [0.3, 0.4) is 0 Å². The van der Waals surface area contributed by atoms with Crippen LogP contribution in [0.25, 0.3) is 0 Å². The Hall–Kier alpha value is -1.38. The first-order valence-corrected chi connectivity index (χ1v) is 7.44. The van der Waals surface area contributed by atoms with Gasteiger partial charge < -0.3 is 14.5 Å². The van der Waals surface area contributed by atoms with E-state index in [1.165, 1.54) is 6.92 Å². The van der Waals surface area contributed by atoms with Gasteiger partial charge in [0.2, 0.25) is 10.0 Å². The number of aryl methyl sites for hydroxylation is 1. The molecule has 0 aromatic carbocycles. The SMILES string of the molecule is Cc1oc(C(=O)NC2CCOCC2)cc1S(N)(=O)=O. The Balaban J connectivity index is 2.11. The first-order valence-electron chi connectivity index (χ1n) is 5.90. The lowest BCUT2D eigenvalue weighted by Crippen LogP contribution is -2.38. The van der Waals surface area contributed by atoms with E-state index in [0.717, 1.165) is 18.9 Å². The van der Waals surface area contributed by atoms with E-state index in [2.05, 4.69) is 5.32 Å². The number of rotatable bonds is 3. The fourth-order valence-electron chi connectivity index (χ4n) is 1.96. The number of sulfonamides is 1. The summed E-state index contributed by atoms with van der Waals surface area (Å²) in [6, 6.07) is 1.17. The number of carbonyl (C=O) groups is 1. The summed E-state index contributed by atoms with van der Waals surface area (Å²) in [5, 5.41) is 7.80. The van der Waals surface area contributed by atoms with Crippen molar-refractivity contribution in [1.82, 2.24) is 5.32 Å². The number of ether oxygens (including phenoxy) is 1. The van der Waals surface area contributed by atoms with Gasteiger partial charge in [0.05, 0.1) is 0 Å². The van der Waals surface area contributed by atoms with Crippen molar-refractivity contribution in [2.75, 3.05) is 13.2 Å². The molecule has 0 aliphatic carbocycles. The number of hydrogen-bond donors (Lipinski definition) is 2. The number of hydrogen-bond acceptors (Lipinski definition) is 5. The van der Waals surface area contributed by atoms with Crippen molar-refractivity contribution in [3.8, 4) is 0 Å². The van der Waals surface area contributed by atoms with Gasteiger partial charge in [0.15, 0.2) is 5.76 Å². The maximum absolute atomic E-state index is 11.9. The summed E-state index contributed by atoms with van der Waals surface area (Å²) in [6.45, 7) is 2.65. The first kappa shape index (κ1) is 14.0. The Kier molecular flexibility index (Phi) is 3.93. The molecule has 0 bridgehead atoms. The van der Waals surface area contributed by atoms with Gasteiger partial charge >= 0.3 is 0 Å². The van der Waals surface area contributed by atoms with E-state index < -0.39 is 15.9 Å². The van der Waals surface area contributed by atoms with Crippen molar-refractivity contribution in [2.45, 2.75) is 30.7 Å². The third kappa shape index (κ3) is 3.34. The molecule has 1 aliphatic heterocycles. The molecule has 0 saturated carbocycles. The van der Waals surface area contributed by atoms with E-state index in [4.69, 9.17) is 14.3 Å². The highest BCUT2D eigenvalue weighted by Crippen LogP contribution is 2.19. The Morgan fingerprint density at radius 3 is 2.58 bits per heavy atom. The summed E-state index contributed by atoms with van der Waals surface area (Å²) in [4.78, 5) is 11.8. The summed E-state index contributed by atoms with van der Waals surface area (Å²) in [5.74, 6) is -0.377. The van der Waals surface area contributed by atoms with Gasteiger partial charge in [-0.1, -0.05) is 0 Å². The molecule has 1 aliphatic rings. The number of furan rings is 1. The van der Waals surface area contributed by atoms with Gasteiger partial charge in [-0.25, -0.2) is 13.6 Å². The molecule has 0 unspecified atom stereocenters. The van der Waals surface area contributed by atoms with Gasteiger partial charge in [-0.05, 0) is 19.8 Å². The van der Waals surface area contributed by atoms with Crippen LogP contribution in [0.5, 0.6) is 0 Å². The van der Waals surface area contributed by atoms with Crippen molar-refractivity contribution in [3.05, 3.63) is 17.6 Å². The maximum atomic E-state index is 11.9. The fraction of sp³-hybridized carbons (Fsp3) is 0.545. The lowest BCUT2D eigenvalue weighted by Gasteiger charge is -2.22. The van der Waals surface area contributed by atoms with Crippen LogP contribution in [0.1, 0.15) is 29.2 Å². The predicted octanol–water partition coefficient (Wildman–Crippen LogP) is 0.144. The third-order valence-electron chi connectivity index (χ3n) is 2.96. The Labute approximate surface area is 111 Å². The zero-order valence-electron chi connectivity index (χ0n) is 10.5. The number of nitrogens with one attached hydrogen (secondary N) is 1. The lowest BCUT2D eigenvalue weighted by atomic mass is 10.1. The van der Waals surface area contributed by atoms with Gasteiger partial charge in [0.1, 0.15) is 10.7 Å². The van der Waals surface area contributed by atoms with Crippen LogP contribution < -0.4 is 10.5 Å². The van der Waals surface area contributed by atoms with E-state index >= 15 is 0 Å². The summed E-state index contributed by atoms with van der Waals surface area (Å²) in [7, 11) is -3.87. The molecular weight excluding hydrogens is 272 g/mol. The number of nitrogens with two attached hydrogens (primary N) is 1. The number of carbonyl (C=O) groups excluding carboxylic acids is 1. The smallest absolute Gasteiger partial charge is 0.287 e. The predicted molar refractivity (Wildman–Crippen MR) is 66.1 cm³/mol. The molecule has 1 amide bonds. The van der Waals surface area contributed by atoms with Gasteiger partial charge in [-0.2, -0.15) is 0 Å². The summed E-state index contributed by atoms with van der Waals surface area (Å²) in [5.41, 5.74) is 0. The van der Waals surface area contributed by atoms with E-state index in [9.17, 15) is 13.2 Å². The van der Waals surface area contributed by atoms with Crippen LogP contribution in [-0.4, -0.2) is 33.6 Å². The van der Waals surface area contributed by atoms with Crippen molar-refractivity contribution < 1.29 is 22.4 Å². The van der Waals surface area contributed by atoms with Crippen molar-refractivity contribution in [1.29, 1.82) is 0 Å². The monoisotopic (exact) mass is 288 g/mol. The summed E-state index contributed by atoms with van der Waals surface area (Å²) >= 11 is 0. The normalized spacial score (nSPS) is 17.4. The summed E-state index contributed by atoms with van der Waals surface area (Å²) in [6.07, 6.45) is 1.46. The minimum absolute atomic E-state index is 0.0181. The molecule has 106 valence electrons. The molecule has 0 atom stereocenters. The van der Waals surface area contributed by atoms with Gasteiger partial charge in [0.25, 0.3) is 5.91 Å². The van der Waals surface area contributed by atoms with Gasteiger partial charge in [0, 0.05) is 25.3 Å². The van der Waals surface area contributed by atoms with E-state index in [1.807, 2.05) is 0 Å². The van der Waals surface area contributed by atoms with Gasteiger partial charge in [-0.15, -0.1) is 0 Å². The zero-order chi connectivity index (χ0) is 14.0. The van der Waals surface area contributed by atoms with Crippen LogP contribution in [0.4, 0.5) is 0 Å². The zero-order valence-corrected chi connectivity index (χ0v) is 11.3. The van der Waals surface area contributed by atoms with Crippen LogP contribution >= 0.6 is 0 Å². The number of amides is 1. The fourth-order valence-corrected chi connectivity index (χ4v) is 2.67. The molecule has 1 aromatic heterocycles. The molecule has 7 nitrogen and oxygen atoms in total. The molecule has 0 radical (unpaired) electrons. The van der Waals surface area contributed by atoms with Crippen molar-refractivity contribution in [3.63, 3.8) is 0 Å². The Morgan fingerprint density at radius 2 is 2.05 bits per heavy atom. The molecule has 0 spiro atoms. The van der Waals surface area contributed by atoms with Crippen molar-refractivity contribution >= 4 is 15.9 Å². The molecule has 2 rings (SSSR count). The standard InChI is InChI=1S/C11H16N2O5S/c1-7-10(19(12,15)16)6-9(18-7)11(14)13-8-2-4-17-5-3-8/h6,8H,2-5H2,1H3,(H,13,14)(H2,12,15,16). The lowest BCUT2D eigenvalue weighted by molar-refractivity contribution is 0.0683. The van der Waals surface area contributed by atoms with Crippen LogP contribution in [-0.2, 0) is 14.8 Å². The molecule has 1 saturated heterocycles. The highest BCUT2D eigenvalue weighted by atomic mass is 32.2. The second-order valence-corrected chi connectivity index (χ2v) is 5.97. The van der Waals surface area contributed by atoms with Crippen LogP contribution in [0.2, 0.25) is 0 Å². The Morgan fingerprint density at radius 1 is 1.42 bits per heavy atom. The highest BCUT2D eigenvalue weighted by Gasteiger charge is 2.23. The molecule has 1 aromatic rings. The van der Waals surface area contributed by atoms with E-state index in [1.54, 1.807) is 0 Å². The van der Waals surface area contributed by atoms with Crippen molar-refractivity contribution in [2.24, 2.45) is 5.14 Å². The first-order chi connectivity index (χ1) is 8.88. The molecule has 2 heterocycles. The summed E-state index contributed by atoms with van der Waals surface area (Å²) < 4.78 is 32.8. The second kappa shape index (κ2) is 5.32. The largest absolute Gasteiger partial charge is 0.455 e. The topological polar surface area (TPSA) is 112 Å². The van der Waals surface area contributed by atoms with Crippen LogP contribution in [0, 0.1) is 6.92 Å². The average Bonchev–Trinajstić information content (AvgIpc) is 2.72. The van der Waals surface area contributed by atoms with Crippen LogP contribution in [0.15, 0.2) is 15.4 Å². The third-order valence-corrected chi connectivity index (χ3v) is 3.98. The molecular formula is C11H16N2O5S. The minimum Gasteiger partial charge on any atom is -0.455 e. The van der Waals surface area contributed by atoms with Gasteiger partial charge in [-0.3, -0.25) is 4.79 Å². The number of primary sulfonamides is 1. The van der Waals surface area contributed by atoms with E-state index in [-0.39, 0.29) is 22.5 Å². The minimum atomic E-state index is -3.87. The molecule has 1 fully saturated rings. The quantitative estimate of drug-likeness (QED) is 0.822. The maximum Gasteiger partial charge on any atom is 0.287 e. The van der Waals surface area contributed by atoms with E-state index in [0.29, 0.717) is 13.2 Å². The highest BCUT2D eigenvalue weighted by molar-refractivity contribution is 7.89. The second-order valence-electron chi connectivity index (χ2n) is 4.44. The average molecular weight is 288 g/mol. The molecule has 3 N–H and O–H groups in total. The molecule has 8 heteroatoms.